The molecule has 6 rings (SSSR count). The van der Waals surface area contributed by atoms with Crippen LogP contribution in [0.15, 0.2) is 41.3 Å². The molecule has 1 aromatic carbocycles. The van der Waals surface area contributed by atoms with E-state index in [1.807, 2.05) is 18.2 Å². The Hall–Kier alpha value is -3.57. The highest BCUT2D eigenvalue weighted by Gasteiger charge is 2.41. The van der Waals surface area contributed by atoms with Gasteiger partial charge in [0.05, 0.1) is 12.1 Å². The van der Waals surface area contributed by atoms with Crippen molar-refractivity contribution in [3.05, 3.63) is 48.2 Å². The number of amides is 1. The van der Waals surface area contributed by atoms with Crippen LogP contribution in [0.1, 0.15) is 29.8 Å². The van der Waals surface area contributed by atoms with Gasteiger partial charge in [0.25, 0.3) is 0 Å². The number of fused-ring (bicyclic) bond motifs is 1. The Kier molecular flexibility index (Phi) is 4.28. The monoisotopic (exact) mass is 421 g/mol. The molecular weight excluding hydrogens is 402 g/mol. The average molecular weight is 421 g/mol. The number of nitrogens with one attached hydrogen (secondary N) is 2. The molecule has 0 radical (unpaired) electrons. The molecule has 2 N–H and O–H groups in total. The zero-order valence-corrected chi connectivity index (χ0v) is 16.4. The van der Waals surface area contributed by atoms with Crippen LogP contribution in [0.3, 0.4) is 0 Å². The molecule has 2 atom stereocenters. The molecule has 0 aliphatic carbocycles. The van der Waals surface area contributed by atoms with Gasteiger partial charge in [-0.2, -0.15) is 4.98 Å². The lowest BCUT2D eigenvalue weighted by Crippen LogP contribution is -2.54. The van der Waals surface area contributed by atoms with E-state index in [9.17, 15) is 4.79 Å². The third-order valence-corrected chi connectivity index (χ3v) is 5.78. The molecule has 158 valence electrons. The van der Waals surface area contributed by atoms with Crippen molar-refractivity contribution in [2.75, 3.05) is 19.9 Å². The summed E-state index contributed by atoms with van der Waals surface area (Å²) in [6, 6.07) is 5.57. The highest BCUT2D eigenvalue weighted by Crippen LogP contribution is 2.36. The van der Waals surface area contributed by atoms with Gasteiger partial charge >= 0.3 is 0 Å². The summed E-state index contributed by atoms with van der Waals surface area (Å²) in [6.45, 7) is 1.34. The van der Waals surface area contributed by atoms with E-state index < -0.39 is 0 Å². The molecule has 11 heteroatoms. The van der Waals surface area contributed by atoms with Gasteiger partial charge in [-0.05, 0) is 24.1 Å². The van der Waals surface area contributed by atoms with Crippen molar-refractivity contribution < 1.29 is 18.8 Å². The minimum absolute atomic E-state index is 0.0194. The molecule has 0 bridgehead atoms. The maximum Gasteiger partial charge on any atom is 0.241 e. The van der Waals surface area contributed by atoms with Gasteiger partial charge in [0, 0.05) is 31.5 Å². The average Bonchev–Trinajstić information content (AvgIpc) is 3.52. The lowest BCUT2D eigenvalue weighted by atomic mass is 9.96. The normalized spacial score (nSPS) is 22.5. The van der Waals surface area contributed by atoms with Crippen molar-refractivity contribution in [2.45, 2.75) is 24.4 Å². The standard InChI is InChI=1S/C20H19N7O4/c28-20(14-6-13(24-25-14)11-1-2-16-17(5-11)30-10-29-16)27-8-12(9-27)19-23-18(26-31-19)15-7-21-3-4-22-15/h1-5,7,12-14,24-25H,6,8-10H2. The number of hydrogen-bond acceptors (Lipinski definition) is 10. The van der Waals surface area contributed by atoms with Crippen LogP contribution < -0.4 is 20.3 Å². The van der Waals surface area contributed by atoms with Gasteiger partial charge in [-0.15, -0.1) is 0 Å². The number of nitrogens with zero attached hydrogens (tertiary/aromatic N) is 5. The Balaban J connectivity index is 1.06. The molecule has 0 saturated carbocycles. The van der Waals surface area contributed by atoms with Crippen LogP contribution in [0.25, 0.3) is 11.5 Å². The molecule has 2 saturated heterocycles. The molecule has 31 heavy (non-hydrogen) atoms. The fourth-order valence-electron chi connectivity index (χ4n) is 4.02. The van der Waals surface area contributed by atoms with Crippen molar-refractivity contribution in [3.8, 4) is 23.0 Å². The summed E-state index contributed by atoms with van der Waals surface area (Å²) in [6.07, 6.45) is 5.40. The van der Waals surface area contributed by atoms with Crippen LogP contribution in [-0.4, -0.2) is 56.8 Å². The molecule has 5 heterocycles. The summed E-state index contributed by atoms with van der Waals surface area (Å²) in [5.74, 6) is 2.49. The van der Waals surface area contributed by atoms with Crippen LogP contribution in [0.5, 0.6) is 11.5 Å². The number of hydrazine groups is 1. The smallest absolute Gasteiger partial charge is 0.241 e. The molecule has 2 unspecified atom stereocenters. The molecule has 2 aromatic heterocycles. The van der Waals surface area contributed by atoms with E-state index in [0.29, 0.717) is 36.9 Å². The van der Waals surface area contributed by atoms with E-state index >= 15 is 0 Å². The second-order valence-corrected chi connectivity index (χ2v) is 7.73. The van der Waals surface area contributed by atoms with Crippen molar-refractivity contribution in [3.63, 3.8) is 0 Å². The van der Waals surface area contributed by atoms with Gasteiger partial charge in [-0.25, -0.2) is 15.8 Å². The van der Waals surface area contributed by atoms with Crippen LogP contribution in [-0.2, 0) is 4.79 Å². The Morgan fingerprint density at radius 3 is 2.90 bits per heavy atom. The molecule has 11 nitrogen and oxygen atoms in total. The highest BCUT2D eigenvalue weighted by molar-refractivity contribution is 5.83. The second kappa shape index (κ2) is 7.29. The topological polar surface area (TPSA) is 128 Å². The van der Waals surface area contributed by atoms with Crippen LogP contribution in [0.4, 0.5) is 0 Å². The first-order valence-electron chi connectivity index (χ1n) is 10.0. The van der Waals surface area contributed by atoms with Gasteiger partial charge in [-0.3, -0.25) is 9.78 Å². The van der Waals surface area contributed by atoms with Gasteiger partial charge in [-0.1, -0.05) is 11.2 Å². The summed E-state index contributed by atoms with van der Waals surface area (Å²) < 4.78 is 16.2. The number of likely N-dealkylation sites (tertiary alicyclic amines) is 1. The van der Waals surface area contributed by atoms with Crippen LogP contribution in [0, 0.1) is 0 Å². The number of aromatic nitrogens is 4. The lowest BCUT2D eigenvalue weighted by Gasteiger charge is -2.38. The Morgan fingerprint density at radius 1 is 1.13 bits per heavy atom. The second-order valence-electron chi connectivity index (χ2n) is 7.73. The van der Waals surface area contributed by atoms with E-state index in [4.69, 9.17) is 14.0 Å². The first kappa shape index (κ1) is 18.2. The van der Waals surface area contributed by atoms with Crippen LogP contribution in [0.2, 0.25) is 0 Å². The first-order valence-corrected chi connectivity index (χ1v) is 10.0. The third kappa shape index (κ3) is 3.27. The molecule has 1 amide bonds. The molecule has 3 aliphatic heterocycles. The zero-order chi connectivity index (χ0) is 20.8. The quantitative estimate of drug-likeness (QED) is 0.624. The highest BCUT2D eigenvalue weighted by atomic mass is 16.7. The molecule has 3 aliphatic rings. The minimum Gasteiger partial charge on any atom is -0.454 e. The number of hydrogen-bond donors (Lipinski definition) is 2. The van der Waals surface area contributed by atoms with E-state index in [2.05, 4.69) is 31.0 Å². The van der Waals surface area contributed by atoms with Crippen molar-refractivity contribution in [1.82, 2.24) is 35.9 Å². The Labute approximate surface area is 176 Å². The van der Waals surface area contributed by atoms with Crippen LogP contribution >= 0.6 is 0 Å². The Bertz CT molecular complexity index is 1120. The van der Waals surface area contributed by atoms with Gasteiger partial charge < -0.3 is 18.9 Å². The summed E-state index contributed by atoms with van der Waals surface area (Å²) >= 11 is 0. The van der Waals surface area contributed by atoms with Crippen molar-refractivity contribution >= 4 is 5.91 Å². The Morgan fingerprint density at radius 2 is 2.03 bits per heavy atom. The van der Waals surface area contributed by atoms with Gasteiger partial charge in [0.1, 0.15) is 11.7 Å². The fraction of sp³-hybridized carbons (Fsp3) is 0.350. The zero-order valence-electron chi connectivity index (χ0n) is 16.4. The van der Waals surface area contributed by atoms with E-state index in [-0.39, 0.29) is 30.7 Å². The number of benzene rings is 1. The number of ether oxygens (including phenoxy) is 2. The van der Waals surface area contributed by atoms with Gasteiger partial charge in [0.2, 0.25) is 24.4 Å². The van der Waals surface area contributed by atoms with Crippen molar-refractivity contribution in [1.29, 1.82) is 0 Å². The summed E-state index contributed by atoms with van der Waals surface area (Å²) in [5, 5.41) is 3.97. The third-order valence-electron chi connectivity index (χ3n) is 5.78. The fourth-order valence-corrected chi connectivity index (χ4v) is 4.02. The predicted octanol–water partition coefficient (Wildman–Crippen LogP) is 0.789. The largest absolute Gasteiger partial charge is 0.454 e. The summed E-state index contributed by atoms with van der Waals surface area (Å²) in [4.78, 5) is 27.3. The predicted molar refractivity (Wildman–Crippen MR) is 105 cm³/mol. The molecule has 0 spiro atoms. The molecule has 2 fully saturated rings. The summed E-state index contributed by atoms with van der Waals surface area (Å²) in [5.41, 5.74) is 7.94. The van der Waals surface area contributed by atoms with Gasteiger partial charge in [0.15, 0.2) is 11.5 Å². The van der Waals surface area contributed by atoms with E-state index in [0.717, 1.165) is 17.1 Å². The van der Waals surface area contributed by atoms with E-state index in [1.165, 1.54) is 0 Å². The first-order chi connectivity index (χ1) is 15.2. The van der Waals surface area contributed by atoms with Crippen molar-refractivity contribution in [2.24, 2.45) is 0 Å². The maximum atomic E-state index is 12.9. The molecule has 3 aromatic rings. The molecular formula is C20H19N7O4. The van der Waals surface area contributed by atoms with E-state index in [1.54, 1.807) is 23.5 Å². The number of rotatable bonds is 4. The lowest BCUT2D eigenvalue weighted by molar-refractivity contribution is -0.138. The summed E-state index contributed by atoms with van der Waals surface area (Å²) in [7, 11) is 0. The number of carbonyl (C=O) groups excluding carboxylic acids is 1. The maximum absolute atomic E-state index is 12.9. The number of carbonyl (C=O) groups is 1. The minimum atomic E-state index is -0.297. The SMILES string of the molecule is O=C(C1CC(c2ccc3c(c2)OCO3)NN1)N1CC(c2nc(-c3cnccn3)no2)C1.